The van der Waals surface area contributed by atoms with Crippen LogP contribution in [0.1, 0.15) is 22.9 Å². The van der Waals surface area contributed by atoms with E-state index in [1.54, 1.807) is 0 Å². The minimum Gasteiger partial charge on any atom is -0.307 e. The third-order valence-electron chi connectivity index (χ3n) is 1.24. The summed E-state index contributed by atoms with van der Waals surface area (Å²) in [7, 11) is 1.31. The van der Waals surface area contributed by atoms with Crippen molar-refractivity contribution < 1.29 is 13.6 Å². The first-order valence-corrected chi connectivity index (χ1v) is 2.79. The fourth-order valence-electron chi connectivity index (χ4n) is 0.647. The minimum atomic E-state index is -2.69. The summed E-state index contributed by atoms with van der Waals surface area (Å²) in [5, 5.41) is 6.34. The molecule has 0 saturated carbocycles. The predicted molar refractivity (Wildman–Crippen MR) is 31.3 cm³/mol. The molecule has 1 aromatic heterocycles. The highest BCUT2D eigenvalue weighted by Gasteiger charge is 2.16. The number of hydrogen-bond donors (Lipinski definition) is 0. The zero-order valence-electron chi connectivity index (χ0n) is 5.66. The number of hydrogen-bond acceptors (Lipinski definition) is 3. The normalized spacial score (nSPS) is 10.5. The zero-order chi connectivity index (χ0) is 8.43. The number of aldehydes is 1. The molecule has 0 aliphatic rings. The van der Waals surface area contributed by atoms with Crippen molar-refractivity contribution in [1.29, 1.82) is 0 Å². The molecular weight excluding hydrogens is 156 g/mol. The molecule has 0 bridgehead atoms. The smallest absolute Gasteiger partial charge is 0.297 e. The molecule has 0 spiro atoms. The van der Waals surface area contributed by atoms with Crippen LogP contribution in [0.5, 0.6) is 0 Å². The van der Waals surface area contributed by atoms with E-state index in [1.807, 2.05) is 0 Å². The van der Waals surface area contributed by atoms with Crippen molar-refractivity contribution in [3.8, 4) is 0 Å². The van der Waals surface area contributed by atoms with Crippen LogP contribution >= 0.6 is 0 Å². The average molecular weight is 161 g/mol. The maximum atomic E-state index is 11.9. The molecule has 0 radical (unpaired) electrons. The first-order chi connectivity index (χ1) is 5.16. The second kappa shape index (κ2) is 2.73. The van der Waals surface area contributed by atoms with Gasteiger partial charge in [0.2, 0.25) is 0 Å². The lowest BCUT2D eigenvalue weighted by molar-refractivity contribution is 0.110. The Labute approximate surface area is 60.8 Å². The van der Waals surface area contributed by atoms with Crippen LogP contribution in [0.15, 0.2) is 0 Å². The molecule has 0 aromatic carbocycles. The number of aromatic nitrogens is 3. The monoisotopic (exact) mass is 161 g/mol. The van der Waals surface area contributed by atoms with Gasteiger partial charge < -0.3 is 4.57 Å². The molecule has 0 amide bonds. The lowest BCUT2D eigenvalue weighted by Crippen LogP contribution is -2.01. The lowest BCUT2D eigenvalue weighted by Gasteiger charge is -1.96. The van der Waals surface area contributed by atoms with Crippen molar-refractivity contribution in [3.05, 3.63) is 11.6 Å². The van der Waals surface area contributed by atoms with E-state index in [9.17, 15) is 13.6 Å². The van der Waals surface area contributed by atoms with Gasteiger partial charge >= 0.3 is 0 Å². The largest absolute Gasteiger partial charge is 0.307 e. The van der Waals surface area contributed by atoms with Gasteiger partial charge in [-0.1, -0.05) is 0 Å². The Balaban J connectivity index is 3.10. The molecule has 60 valence electrons. The minimum absolute atomic E-state index is 0.0969. The van der Waals surface area contributed by atoms with E-state index in [-0.39, 0.29) is 5.82 Å². The SMILES string of the molecule is Cn1c(C=O)nnc1C(F)F. The van der Waals surface area contributed by atoms with Crippen LogP contribution < -0.4 is 0 Å². The van der Waals surface area contributed by atoms with Crippen LogP contribution in [-0.4, -0.2) is 21.1 Å². The van der Waals surface area contributed by atoms with Crippen LogP contribution in [0.3, 0.4) is 0 Å². The quantitative estimate of drug-likeness (QED) is 0.595. The molecule has 0 aliphatic heterocycles. The molecule has 1 rings (SSSR count). The maximum Gasteiger partial charge on any atom is 0.297 e. The molecule has 0 unspecified atom stereocenters. The number of alkyl halides is 2. The van der Waals surface area contributed by atoms with Crippen LogP contribution in [0, 0.1) is 0 Å². The average Bonchev–Trinajstić information content (AvgIpc) is 2.30. The molecule has 11 heavy (non-hydrogen) atoms. The number of nitrogens with zero attached hydrogens (tertiary/aromatic N) is 3. The van der Waals surface area contributed by atoms with Crippen molar-refractivity contribution in [1.82, 2.24) is 14.8 Å². The standard InChI is InChI=1S/C5H5F2N3O/c1-10-3(2-11)8-9-5(10)4(6)7/h2,4H,1H3. The number of rotatable bonds is 2. The maximum absolute atomic E-state index is 11.9. The lowest BCUT2D eigenvalue weighted by atomic mass is 10.6. The van der Waals surface area contributed by atoms with Crippen molar-refractivity contribution in [2.45, 2.75) is 6.43 Å². The molecule has 4 nitrogen and oxygen atoms in total. The van der Waals surface area contributed by atoms with E-state index in [1.165, 1.54) is 7.05 Å². The van der Waals surface area contributed by atoms with Crippen molar-refractivity contribution in [2.75, 3.05) is 0 Å². The van der Waals surface area contributed by atoms with Gasteiger partial charge in [-0.2, -0.15) is 0 Å². The van der Waals surface area contributed by atoms with E-state index < -0.39 is 12.2 Å². The predicted octanol–water partition coefficient (Wildman–Crippen LogP) is 0.565. The molecule has 0 atom stereocenters. The van der Waals surface area contributed by atoms with Crippen molar-refractivity contribution >= 4 is 6.29 Å². The van der Waals surface area contributed by atoms with Gasteiger partial charge in [0.1, 0.15) is 0 Å². The summed E-state index contributed by atoms with van der Waals surface area (Å²) in [5.74, 6) is -0.590. The van der Waals surface area contributed by atoms with E-state index in [2.05, 4.69) is 10.2 Å². The molecule has 0 fully saturated rings. The van der Waals surface area contributed by atoms with E-state index in [0.29, 0.717) is 6.29 Å². The molecule has 1 aromatic rings. The Kier molecular flexibility index (Phi) is 1.93. The van der Waals surface area contributed by atoms with Gasteiger partial charge in [0.15, 0.2) is 17.9 Å². The third-order valence-corrected chi connectivity index (χ3v) is 1.24. The summed E-state index contributed by atoms with van der Waals surface area (Å²) in [6, 6.07) is 0. The van der Waals surface area contributed by atoms with Gasteiger partial charge in [-0.05, 0) is 0 Å². The van der Waals surface area contributed by atoms with E-state index in [0.717, 1.165) is 4.57 Å². The van der Waals surface area contributed by atoms with Gasteiger partial charge in [-0.25, -0.2) is 8.78 Å². The highest BCUT2D eigenvalue weighted by atomic mass is 19.3. The van der Waals surface area contributed by atoms with Crippen molar-refractivity contribution in [3.63, 3.8) is 0 Å². The van der Waals surface area contributed by atoms with Crippen molar-refractivity contribution in [2.24, 2.45) is 7.05 Å². The van der Waals surface area contributed by atoms with Gasteiger partial charge in [-0.3, -0.25) is 4.79 Å². The summed E-state index contributed by atoms with van der Waals surface area (Å²) in [6.07, 6.45) is -2.32. The summed E-state index contributed by atoms with van der Waals surface area (Å²) < 4.78 is 24.8. The van der Waals surface area contributed by atoms with E-state index >= 15 is 0 Å². The zero-order valence-corrected chi connectivity index (χ0v) is 5.66. The summed E-state index contributed by atoms with van der Waals surface area (Å²) in [6.45, 7) is 0. The topological polar surface area (TPSA) is 47.8 Å². The summed E-state index contributed by atoms with van der Waals surface area (Å²) in [4.78, 5) is 10.1. The van der Waals surface area contributed by atoms with E-state index in [4.69, 9.17) is 0 Å². The molecule has 0 N–H and O–H groups in total. The highest BCUT2D eigenvalue weighted by molar-refractivity contribution is 5.68. The molecule has 0 saturated heterocycles. The van der Waals surface area contributed by atoms with Gasteiger partial charge in [0, 0.05) is 7.05 Å². The summed E-state index contributed by atoms with van der Waals surface area (Å²) in [5.41, 5.74) is 0. The van der Waals surface area contributed by atoms with Gasteiger partial charge in [0.05, 0.1) is 0 Å². The Hall–Kier alpha value is -1.33. The van der Waals surface area contributed by atoms with Crippen LogP contribution in [0.2, 0.25) is 0 Å². The fourth-order valence-corrected chi connectivity index (χ4v) is 0.647. The highest BCUT2D eigenvalue weighted by Crippen LogP contribution is 2.14. The first kappa shape index (κ1) is 7.77. The van der Waals surface area contributed by atoms with Crippen LogP contribution in [-0.2, 0) is 7.05 Å². The fraction of sp³-hybridized carbons (Fsp3) is 0.400. The molecule has 0 aliphatic carbocycles. The Morgan fingerprint density at radius 2 is 2.18 bits per heavy atom. The second-order valence-corrected chi connectivity index (χ2v) is 1.89. The van der Waals surface area contributed by atoms with Crippen LogP contribution in [0.4, 0.5) is 8.78 Å². The number of halogens is 2. The Bertz CT molecular complexity index is 271. The van der Waals surface area contributed by atoms with Crippen LogP contribution in [0.25, 0.3) is 0 Å². The Morgan fingerprint density at radius 3 is 2.45 bits per heavy atom. The molecule has 1 heterocycles. The number of carbonyl (C=O) groups is 1. The second-order valence-electron chi connectivity index (χ2n) is 1.89. The molecule has 6 heteroatoms. The van der Waals surface area contributed by atoms with Gasteiger partial charge in [-0.15, -0.1) is 10.2 Å². The van der Waals surface area contributed by atoms with Gasteiger partial charge in [0.25, 0.3) is 6.43 Å². The number of carbonyl (C=O) groups excluding carboxylic acids is 1. The third kappa shape index (κ3) is 1.24. The first-order valence-electron chi connectivity index (χ1n) is 2.79. The molecular formula is C5H5F2N3O. The Morgan fingerprint density at radius 1 is 1.55 bits per heavy atom. The summed E-state index contributed by atoms with van der Waals surface area (Å²) >= 11 is 0.